The second-order valence-corrected chi connectivity index (χ2v) is 23.6. The Kier molecular flexibility index (Phi) is 12.4. The maximum atomic E-state index is 15.7. The number of carbonyl (C=O) groups excluding carboxylic acids is 4. The monoisotopic (exact) mass is 1100 g/mol. The van der Waals surface area contributed by atoms with Crippen LogP contribution in [0.2, 0.25) is 0 Å². The first-order valence-corrected chi connectivity index (χ1v) is 30.4. The van der Waals surface area contributed by atoms with Gasteiger partial charge < -0.3 is 9.13 Å². The number of aromatic nitrogens is 2. The number of rotatable bonds is 16. The van der Waals surface area contributed by atoms with Crippen molar-refractivity contribution in [1.82, 2.24) is 18.9 Å². The van der Waals surface area contributed by atoms with Crippen LogP contribution >= 0.6 is 0 Å². The van der Waals surface area contributed by atoms with E-state index in [0.717, 1.165) is 139 Å². The zero-order valence-electron chi connectivity index (χ0n) is 48.0. The van der Waals surface area contributed by atoms with E-state index in [9.17, 15) is 0 Å². The van der Waals surface area contributed by atoms with Crippen molar-refractivity contribution < 1.29 is 19.2 Å². The minimum atomic E-state index is -0.289. The van der Waals surface area contributed by atoms with Crippen LogP contribution in [0, 0.1) is 11.8 Å². The highest BCUT2D eigenvalue weighted by Gasteiger charge is 2.40. The molecule has 2 aromatic heterocycles. The Morgan fingerprint density at radius 3 is 1.02 bits per heavy atom. The summed E-state index contributed by atoms with van der Waals surface area (Å²) in [7, 11) is 0. The van der Waals surface area contributed by atoms with E-state index in [4.69, 9.17) is 0 Å². The molecular weight excluding hydrogens is 1030 g/mol. The molecule has 0 fully saturated rings. The molecule has 11 aromatic carbocycles. The Bertz CT molecular complexity index is 4500. The van der Waals surface area contributed by atoms with Gasteiger partial charge in [-0.1, -0.05) is 175 Å². The molecule has 4 amide bonds. The standard InChI is InChI=1S/C76H64N4O4/c1-5-9-19-45(7-3)43-77-73(81)57-39-37-55-67-56(38-40-58(70(57)67)74(77)82)69-60(48-31-35-50(36-32-48)80-65-27-17-13-23-53(65)54-24-14-18-28-66(54)80)42-62-71-61(75(83)78(76(62)84)44-46(8-4)20-10-6-2)41-59(68(55)72(69)71)47-29-33-49(34-30-47)79-63-25-15-11-21-51(63)52-22-12-16-26-64(52)79/h11-18,21-42,45-46H,5-10,19-20,43-44H2,1-4H3. The van der Waals surface area contributed by atoms with E-state index in [1.165, 1.54) is 31.3 Å². The average molecular weight is 1100 g/mol. The topological polar surface area (TPSA) is 84.6 Å². The lowest BCUT2D eigenvalue weighted by Gasteiger charge is -2.33. The molecule has 0 aliphatic carbocycles. The smallest absolute Gasteiger partial charge is 0.261 e. The Balaban J connectivity index is 1.02. The van der Waals surface area contributed by atoms with Gasteiger partial charge in [-0.05, 0) is 147 Å². The Morgan fingerprint density at radius 2 is 0.667 bits per heavy atom. The van der Waals surface area contributed by atoms with Gasteiger partial charge >= 0.3 is 0 Å². The number of unbranched alkanes of at least 4 members (excludes halogenated alkanes) is 2. The summed E-state index contributed by atoms with van der Waals surface area (Å²) in [6.07, 6.45) is 7.70. The summed E-state index contributed by atoms with van der Waals surface area (Å²) in [4.78, 5) is 64.5. The number of nitrogens with zero attached hydrogens (tertiary/aromatic N) is 4. The van der Waals surface area contributed by atoms with E-state index in [1.54, 1.807) is 0 Å². The molecule has 2 aliphatic heterocycles. The van der Waals surface area contributed by atoms with E-state index in [1.807, 2.05) is 24.3 Å². The fourth-order valence-corrected chi connectivity index (χ4v) is 14.7. The van der Waals surface area contributed by atoms with Crippen LogP contribution in [0.15, 0.2) is 182 Å². The van der Waals surface area contributed by atoms with Crippen LogP contribution in [0.3, 0.4) is 0 Å². The summed E-state index contributed by atoms with van der Waals surface area (Å²) in [5.74, 6) is -0.790. The van der Waals surface area contributed by atoms with Gasteiger partial charge in [0.15, 0.2) is 0 Å². The van der Waals surface area contributed by atoms with Crippen molar-refractivity contribution in [1.29, 1.82) is 0 Å². The zero-order chi connectivity index (χ0) is 57.1. The number of imide groups is 2. The summed E-state index contributed by atoms with van der Waals surface area (Å²) in [5, 5.41) is 11.1. The van der Waals surface area contributed by atoms with Gasteiger partial charge in [0.05, 0.1) is 22.1 Å². The molecular formula is C76H64N4O4. The summed E-state index contributed by atoms with van der Waals surface area (Å²) >= 11 is 0. The number of benzene rings is 11. The first-order valence-electron chi connectivity index (χ1n) is 30.4. The number of hydrogen-bond acceptors (Lipinski definition) is 4. The van der Waals surface area contributed by atoms with Crippen molar-refractivity contribution in [3.8, 4) is 33.6 Å². The lowest BCUT2D eigenvalue weighted by molar-refractivity contribution is 0.0565. The normalized spacial score (nSPS) is 14.4. The number of amides is 4. The van der Waals surface area contributed by atoms with Gasteiger partial charge in [-0.2, -0.15) is 0 Å². The van der Waals surface area contributed by atoms with Gasteiger partial charge in [-0.3, -0.25) is 29.0 Å². The first kappa shape index (κ1) is 51.5. The van der Waals surface area contributed by atoms with Crippen molar-refractivity contribution >= 4 is 110 Å². The molecule has 2 unspecified atom stereocenters. The molecule has 0 spiro atoms. The average Bonchev–Trinajstić information content (AvgIpc) is 1.21. The number of hydrogen-bond donors (Lipinski definition) is 0. The van der Waals surface area contributed by atoms with Gasteiger partial charge in [0.1, 0.15) is 0 Å². The maximum Gasteiger partial charge on any atom is 0.261 e. The van der Waals surface area contributed by atoms with Crippen molar-refractivity contribution in [2.24, 2.45) is 11.8 Å². The molecule has 0 saturated heterocycles. The third-order valence-electron chi connectivity index (χ3n) is 19.0. The quantitative estimate of drug-likeness (QED) is 0.0548. The highest BCUT2D eigenvalue weighted by molar-refractivity contribution is 6.44. The molecule has 8 heteroatoms. The van der Waals surface area contributed by atoms with E-state index >= 15 is 19.2 Å². The molecule has 0 saturated carbocycles. The fourth-order valence-electron chi connectivity index (χ4n) is 14.7. The number of para-hydroxylation sites is 4. The minimum absolute atomic E-state index is 0.144. The minimum Gasteiger partial charge on any atom is -0.309 e. The number of fused-ring (bicyclic) bond motifs is 8. The molecule has 8 nitrogen and oxygen atoms in total. The molecule has 0 radical (unpaired) electrons. The van der Waals surface area contributed by atoms with Gasteiger partial charge in [0, 0.05) is 84.4 Å². The van der Waals surface area contributed by atoms with Crippen LogP contribution in [-0.2, 0) is 0 Å². The summed E-state index contributed by atoms with van der Waals surface area (Å²) in [5.41, 5.74) is 11.9. The first-order chi connectivity index (χ1) is 41.2. The lowest BCUT2D eigenvalue weighted by atomic mass is 9.77. The fraction of sp³-hybridized carbons (Fsp3) is 0.211. The second kappa shape index (κ2) is 20.2. The summed E-state index contributed by atoms with van der Waals surface area (Å²) < 4.78 is 4.62. The Hall–Kier alpha value is -9.40. The Labute approximate surface area is 487 Å². The van der Waals surface area contributed by atoms with Crippen LogP contribution in [0.4, 0.5) is 0 Å². The molecule has 0 bridgehead atoms. The van der Waals surface area contributed by atoms with Crippen LogP contribution < -0.4 is 0 Å². The lowest BCUT2D eigenvalue weighted by Crippen LogP contribution is -2.43. The molecule has 13 aromatic rings. The molecule has 412 valence electrons. The van der Waals surface area contributed by atoms with Crippen LogP contribution in [0.1, 0.15) is 120 Å². The van der Waals surface area contributed by atoms with E-state index < -0.39 is 0 Å². The predicted molar refractivity (Wildman–Crippen MR) is 345 cm³/mol. The molecule has 2 aliphatic rings. The van der Waals surface area contributed by atoms with Crippen LogP contribution in [0.5, 0.6) is 0 Å². The molecule has 4 heterocycles. The van der Waals surface area contributed by atoms with Crippen molar-refractivity contribution in [2.45, 2.75) is 79.1 Å². The molecule has 84 heavy (non-hydrogen) atoms. The second-order valence-electron chi connectivity index (χ2n) is 23.6. The van der Waals surface area contributed by atoms with E-state index in [2.05, 4.69) is 195 Å². The van der Waals surface area contributed by atoms with Gasteiger partial charge in [-0.15, -0.1) is 0 Å². The Morgan fingerprint density at radius 1 is 0.321 bits per heavy atom. The maximum absolute atomic E-state index is 15.7. The van der Waals surface area contributed by atoms with Crippen molar-refractivity contribution in [3.63, 3.8) is 0 Å². The molecule has 0 N–H and O–H groups in total. The van der Waals surface area contributed by atoms with E-state index in [-0.39, 0.29) is 35.5 Å². The van der Waals surface area contributed by atoms with Crippen molar-refractivity contribution in [2.75, 3.05) is 13.1 Å². The third kappa shape index (κ3) is 7.65. The number of carbonyl (C=O) groups is 4. The van der Waals surface area contributed by atoms with Crippen molar-refractivity contribution in [3.05, 3.63) is 204 Å². The van der Waals surface area contributed by atoms with Gasteiger partial charge in [-0.25, -0.2) is 0 Å². The SMILES string of the molecule is CCCCC(CC)CN1C(=O)c2ccc3c4c(-c5ccc(-n6c7ccccc7c7ccccc76)cc5)cc5c6c(cc(-c7ccc(-n8c9ccccc9c9ccccc98)cc7)c(c7ccc(c2c37)C1=O)c64)C(=O)N(CC(CC)CCCC)C5=O. The molecule has 15 rings (SSSR count). The highest BCUT2D eigenvalue weighted by atomic mass is 16.2. The predicted octanol–water partition coefficient (Wildman–Crippen LogP) is 18.9. The third-order valence-corrected chi connectivity index (χ3v) is 19.0. The highest BCUT2D eigenvalue weighted by Crippen LogP contribution is 2.53. The van der Waals surface area contributed by atoms with Crippen LogP contribution in [0.25, 0.3) is 120 Å². The van der Waals surface area contributed by atoms with Crippen LogP contribution in [-0.4, -0.2) is 55.7 Å². The van der Waals surface area contributed by atoms with Gasteiger partial charge in [0.2, 0.25) is 0 Å². The zero-order valence-corrected chi connectivity index (χ0v) is 48.0. The van der Waals surface area contributed by atoms with E-state index in [0.29, 0.717) is 46.1 Å². The molecule has 2 atom stereocenters. The largest absolute Gasteiger partial charge is 0.309 e. The van der Waals surface area contributed by atoms with Gasteiger partial charge in [0.25, 0.3) is 23.6 Å². The summed E-state index contributed by atoms with van der Waals surface area (Å²) in [6, 6.07) is 63.3. The summed E-state index contributed by atoms with van der Waals surface area (Å²) in [6.45, 7) is 9.35.